The van der Waals surface area contributed by atoms with Gasteiger partial charge in [-0.3, -0.25) is 0 Å². The molecule has 18 heavy (non-hydrogen) atoms. The first-order valence-corrected chi connectivity index (χ1v) is 6.78. The second-order valence-corrected chi connectivity index (χ2v) is 4.69. The maximum Gasteiger partial charge on any atom is 0.180 e. The topological polar surface area (TPSA) is 30.5 Å². The van der Waals surface area contributed by atoms with Gasteiger partial charge in [0.2, 0.25) is 0 Å². The number of hydrogen-bond donors (Lipinski definition) is 1. The van der Waals surface area contributed by atoms with Crippen molar-refractivity contribution in [3.63, 3.8) is 0 Å². The van der Waals surface area contributed by atoms with Crippen LogP contribution in [0, 0.1) is 0 Å². The van der Waals surface area contributed by atoms with Crippen LogP contribution < -0.4 is 14.8 Å². The monoisotopic (exact) mass is 271 g/mol. The number of ether oxygens (including phenoxy) is 2. The summed E-state index contributed by atoms with van der Waals surface area (Å²) in [6, 6.07) is 3.90. The number of nitrogens with one attached hydrogen (secondary N) is 1. The van der Waals surface area contributed by atoms with Gasteiger partial charge >= 0.3 is 0 Å². The van der Waals surface area contributed by atoms with E-state index in [0.29, 0.717) is 23.1 Å². The van der Waals surface area contributed by atoms with E-state index < -0.39 is 0 Å². The average Bonchev–Trinajstić information content (AvgIpc) is 2.31. The Balaban J connectivity index is 3.01. The summed E-state index contributed by atoms with van der Waals surface area (Å²) in [5.74, 6) is 1.35. The van der Waals surface area contributed by atoms with Gasteiger partial charge < -0.3 is 14.8 Å². The van der Waals surface area contributed by atoms with Crippen LogP contribution in [-0.4, -0.2) is 19.3 Å². The van der Waals surface area contributed by atoms with Crippen molar-refractivity contribution in [2.45, 2.75) is 40.3 Å². The largest absolute Gasteiger partial charge is 0.490 e. The van der Waals surface area contributed by atoms with Crippen LogP contribution in [0.15, 0.2) is 12.1 Å². The van der Waals surface area contributed by atoms with Gasteiger partial charge in [0, 0.05) is 6.54 Å². The van der Waals surface area contributed by atoms with Crippen molar-refractivity contribution in [1.29, 1.82) is 0 Å². The summed E-state index contributed by atoms with van der Waals surface area (Å²) in [5, 5.41) is 3.87. The van der Waals surface area contributed by atoms with Crippen LogP contribution in [0.5, 0.6) is 11.5 Å². The lowest BCUT2D eigenvalue weighted by atomic mass is 10.2. The molecule has 0 unspecified atom stereocenters. The van der Waals surface area contributed by atoms with Crippen molar-refractivity contribution in [1.82, 2.24) is 5.32 Å². The second-order valence-electron chi connectivity index (χ2n) is 4.28. The predicted molar refractivity (Wildman–Crippen MR) is 75.8 cm³/mol. The van der Waals surface area contributed by atoms with Crippen molar-refractivity contribution in [3.8, 4) is 11.5 Å². The standard InChI is InChI=1S/C14H22ClNO2/c1-5-16-9-11-7-12(15)14(18-10(3)4)13(8-11)17-6-2/h7-8,10,16H,5-6,9H2,1-4H3. The van der Waals surface area contributed by atoms with Crippen LogP contribution in [0.2, 0.25) is 5.02 Å². The summed E-state index contributed by atoms with van der Waals surface area (Å²) in [4.78, 5) is 0. The third-order valence-corrected chi connectivity index (χ3v) is 2.58. The minimum absolute atomic E-state index is 0.0707. The van der Waals surface area contributed by atoms with E-state index in [1.54, 1.807) is 0 Å². The van der Waals surface area contributed by atoms with Crippen molar-refractivity contribution >= 4 is 11.6 Å². The molecule has 0 atom stereocenters. The molecule has 0 fully saturated rings. The fourth-order valence-corrected chi connectivity index (χ4v) is 1.88. The van der Waals surface area contributed by atoms with Crippen LogP contribution in [0.25, 0.3) is 0 Å². The minimum atomic E-state index is 0.0707. The molecule has 3 nitrogen and oxygen atoms in total. The van der Waals surface area contributed by atoms with E-state index in [1.807, 2.05) is 32.9 Å². The first-order valence-electron chi connectivity index (χ1n) is 6.41. The minimum Gasteiger partial charge on any atom is -0.490 e. The van der Waals surface area contributed by atoms with Crippen LogP contribution >= 0.6 is 11.6 Å². The van der Waals surface area contributed by atoms with Crippen molar-refractivity contribution in [3.05, 3.63) is 22.7 Å². The predicted octanol–water partition coefficient (Wildman–Crippen LogP) is 3.64. The number of halogens is 1. The van der Waals surface area contributed by atoms with Crippen molar-refractivity contribution in [2.24, 2.45) is 0 Å². The summed E-state index contributed by atoms with van der Waals surface area (Å²) in [6.07, 6.45) is 0.0707. The molecule has 102 valence electrons. The average molecular weight is 272 g/mol. The zero-order valence-electron chi connectivity index (χ0n) is 11.5. The summed E-state index contributed by atoms with van der Waals surface area (Å²) in [6.45, 7) is 10.3. The van der Waals surface area contributed by atoms with Crippen LogP contribution in [0.3, 0.4) is 0 Å². The van der Waals surface area contributed by atoms with E-state index in [2.05, 4.69) is 12.2 Å². The van der Waals surface area contributed by atoms with Gasteiger partial charge in [-0.15, -0.1) is 0 Å². The van der Waals surface area contributed by atoms with Crippen LogP contribution in [-0.2, 0) is 6.54 Å². The molecule has 0 aliphatic rings. The fraction of sp³-hybridized carbons (Fsp3) is 0.571. The molecular weight excluding hydrogens is 250 g/mol. The Morgan fingerprint density at radius 3 is 2.56 bits per heavy atom. The van der Waals surface area contributed by atoms with Crippen molar-refractivity contribution in [2.75, 3.05) is 13.2 Å². The van der Waals surface area contributed by atoms with E-state index in [9.17, 15) is 0 Å². The third-order valence-electron chi connectivity index (χ3n) is 2.30. The Labute approximate surface area is 114 Å². The summed E-state index contributed by atoms with van der Waals surface area (Å²) in [7, 11) is 0. The van der Waals surface area contributed by atoms with E-state index in [-0.39, 0.29) is 6.10 Å². The highest BCUT2D eigenvalue weighted by Gasteiger charge is 2.13. The summed E-state index contributed by atoms with van der Waals surface area (Å²) < 4.78 is 11.3. The lowest BCUT2D eigenvalue weighted by Gasteiger charge is -2.17. The number of benzene rings is 1. The maximum absolute atomic E-state index is 6.26. The molecule has 0 radical (unpaired) electrons. The molecule has 4 heteroatoms. The zero-order valence-corrected chi connectivity index (χ0v) is 12.3. The highest BCUT2D eigenvalue weighted by atomic mass is 35.5. The van der Waals surface area contributed by atoms with E-state index in [1.165, 1.54) is 0 Å². The lowest BCUT2D eigenvalue weighted by molar-refractivity contribution is 0.224. The summed E-state index contributed by atoms with van der Waals surface area (Å²) >= 11 is 6.26. The SMILES string of the molecule is CCNCc1cc(Cl)c(OC(C)C)c(OCC)c1. The first-order chi connectivity index (χ1) is 8.58. The molecule has 0 heterocycles. The lowest BCUT2D eigenvalue weighted by Crippen LogP contribution is -2.13. The van der Waals surface area contributed by atoms with Crippen LogP contribution in [0.1, 0.15) is 33.3 Å². The first kappa shape index (κ1) is 15.1. The van der Waals surface area contributed by atoms with E-state index in [4.69, 9.17) is 21.1 Å². The molecule has 0 aliphatic heterocycles. The van der Waals surface area contributed by atoms with Crippen LogP contribution in [0.4, 0.5) is 0 Å². The molecule has 1 aromatic rings. The zero-order chi connectivity index (χ0) is 13.5. The van der Waals surface area contributed by atoms with Gasteiger partial charge in [0.1, 0.15) is 0 Å². The smallest absolute Gasteiger partial charge is 0.180 e. The quantitative estimate of drug-likeness (QED) is 0.821. The fourth-order valence-electron chi connectivity index (χ4n) is 1.61. The van der Waals surface area contributed by atoms with Gasteiger partial charge in [0.15, 0.2) is 11.5 Å². The Hall–Kier alpha value is -0.930. The molecule has 0 bridgehead atoms. The molecule has 0 saturated carbocycles. The maximum atomic E-state index is 6.26. The Kier molecular flexibility index (Phi) is 6.30. The molecule has 0 aromatic heterocycles. The van der Waals surface area contributed by atoms with E-state index in [0.717, 1.165) is 18.7 Å². The van der Waals surface area contributed by atoms with E-state index >= 15 is 0 Å². The molecular formula is C14H22ClNO2. The van der Waals surface area contributed by atoms with Gasteiger partial charge in [0.25, 0.3) is 0 Å². The highest BCUT2D eigenvalue weighted by Crippen LogP contribution is 2.37. The molecule has 1 aromatic carbocycles. The van der Waals surface area contributed by atoms with Gasteiger partial charge in [0.05, 0.1) is 17.7 Å². The third kappa shape index (κ3) is 4.39. The Morgan fingerprint density at radius 1 is 1.28 bits per heavy atom. The van der Waals surface area contributed by atoms with Gasteiger partial charge in [-0.25, -0.2) is 0 Å². The molecule has 0 saturated heterocycles. The summed E-state index contributed by atoms with van der Waals surface area (Å²) in [5.41, 5.74) is 1.10. The van der Waals surface area contributed by atoms with Crippen molar-refractivity contribution < 1.29 is 9.47 Å². The highest BCUT2D eigenvalue weighted by molar-refractivity contribution is 6.32. The molecule has 1 rings (SSSR count). The second kappa shape index (κ2) is 7.49. The normalized spacial score (nSPS) is 10.8. The van der Waals surface area contributed by atoms with Gasteiger partial charge in [-0.05, 0) is 45.0 Å². The number of rotatable bonds is 7. The van der Waals surface area contributed by atoms with Gasteiger partial charge in [-0.1, -0.05) is 18.5 Å². The Bertz CT molecular complexity index is 380. The Morgan fingerprint density at radius 2 is 2.00 bits per heavy atom. The van der Waals surface area contributed by atoms with Gasteiger partial charge in [-0.2, -0.15) is 0 Å². The number of hydrogen-bond acceptors (Lipinski definition) is 3. The molecule has 0 aliphatic carbocycles. The molecule has 0 spiro atoms. The molecule has 1 N–H and O–H groups in total. The molecule has 0 amide bonds.